The van der Waals surface area contributed by atoms with Crippen molar-refractivity contribution in [1.29, 1.82) is 0 Å². The Balaban J connectivity index is 1.97. The SMILES string of the molecule is NCc1nnc2n1NC(c1ccc(Cl)cc1Cl)=CS2. The Bertz CT molecular complexity index is 667. The first-order valence-electron chi connectivity index (χ1n) is 5.42. The lowest BCUT2D eigenvalue weighted by Gasteiger charge is -2.19. The number of nitrogens with two attached hydrogens (primary N) is 1. The van der Waals surface area contributed by atoms with E-state index >= 15 is 0 Å². The molecule has 8 heteroatoms. The molecule has 0 radical (unpaired) electrons. The largest absolute Gasteiger partial charge is 0.324 e. The highest BCUT2D eigenvalue weighted by Crippen LogP contribution is 2.32. The third-order valence-electron chi connectivity index (χ3n) is 2.62. The Kier molecular flexibility index (Phi) is 3.40. The maximum Gasteiger partial charge on any atom is 0.214 e. The van der Waals surface area contributed by atoms with Gasteiger partial charge in [0.25, 0.3) is 0 Å². The van der Waals surface area contributed by atoms with Crippen LogP contribution >= 0.6 is 35.0 Å². The molecule has 1 aliphatic rings. The van der Waals surface area contributed by atoms with E-state index in [0.717, 1.165) is 16.4 Å². The first-order chi connectivity index (χ1) is 9.19. The molecule has 98 valence electrons. The van der Waals surface area contributed by atoms with Crippen molar-refractivity contribution >= 4 is 40.7 Å². The molecule has 1 aromatic heterocycles. The van der Waals surface area contributed by atoms with E-state index in [0.29, 0.717) is 22.4 Å². The Morgan fingerprint density at radius 1 is 1.32 bits per heavy atom. The highest BCUT2D eigenvalue weighted by atomic mass is 35.5. The lowest BCUT2D eigenvalue weighted by molar-refractivity contribution is 0.765. The van der Waals surface area contributed by atoms with Crippen molar-refractivity contribution in [2.24, 2.45) is 5.73 Å². The fourth-order valence-corrected chi connectivity index (χ4v) is 2.97. The Morgan fingerprint density at radius 2 is 2.16 bits per heavy atom. The molecular formula is C11H9Cl2N5S. The van der Waals surface area contributed by atoms with Crippen molar-refractivity contribution in [2.75, 3.05) is 5.43 Å². The van der Waals surface area contributed by atoms with Crippen LogP contribution in [0, 0.1) is 0 Å². The monoisotopic (exact) mass is 313 g/mol. The number of benzene rings is 1. The maximum atomic E-state index is 6.20. The lowest BCUT2D eigenvalue weighted by atomic mass is 10.2. The van der Waals surface area contributed by atoms with Gasteiger partial charge >= 0.3 is 0 Å². The molecule has 2 heterocycles. The third kappa shape index (κ3) is 2.32. The van der Waals surface area contributed by atoms with Crippen LogP contribution in [0.15, 0.2) is 28.8 Å². The number of aromatic nitrogens is 3. The van der Waals surface area contributed by atoms with Gasteiger partial charge in [-0.05, 0) is 18.2 Å². The zero-order valence-electron chi connectivity index (χ0n) is 9.60. The lowest BCUT2D eigenvalue weighted by Crippen LogP contribution is -2.21. The van der Waals surface area contributed by atoms with Gasteiger partial charge in [-0.3, -0.25) is 5.43 Å². The van der Waals surface area contributed by atoms with Crippen LogP contribution in [0.5, 0.6) is 0 Å². The normalized spacial score (nSPS) is 13.7. The van der Waals surface area contributed by atoms with Crippen molar-refractivity contribution in [3.05, 3.63) is 45.0 Å². The molecule has 0 bridgehead atoms. The number of nitrogens with one attached hydrogen (secondary N) is 1. The summed E-state index contributed by atoms with van der Waals surface area (Å²) in [6.07, 6.45) is 0. The Morgan fingerprint density at radius 3 is 2.89 bits per heavy atom. The summed E-state index contributed by atoms with van der Waals surface area (Å²) in [5.74, 6) is 0.665. The van der Waals surface area contributed by atoms with Crippen molar-refractivity contribution in [3.63, 3.8) is 0 Å². The van der Waals surface area contributed by atoms with E-state index in [4.69, 9.17) is 28.9 Å². The molecular weight excluding hydrogens is 305 g/mol. The molecule has 3 rings (SSSR count). The van der Waals surface area contributed by atoms with E-state index in [-0.39, 0.29) is 0 Å². The van der Waals surface area contributed by atoms with E-state index in [1.807, 2.05) is 11.5 Å². The maximum absolute atomic E-state index is 6.20. The van der Waals surface area contributed by atoms with Gasteiger partial charge < -0.3 is 5.73 Å². The first-order valence-corrected chi connectivity index (χ1v) is 7.06. The van der Waals surface area contributed by atoms with Gasteiger partial charge in [0.1, 0.15) is 0 Å². The van der Waals surface area contributed by atoms with Crippen LogP contribution < -0.4 is 11.2 Å². The molecule has 19 heavy (non-hydrogen) atoms. The van der Waals surface area contributed by atoms with Crippen LogP contribution in [-0.4, -0.2) is 14.9 Å². The fourth-order valence-electron chi connectivity index (χ4n) is 1.71. The summed E-state index contributed by atoms with van der Waals surface area (Å²) >= 11 is 13.6. The predicted octanol–water partition coefficient (Wildman–Crippen LogP) is 2.69. The number of hydrogen-bond acceptors (Lipinski definition) is 5. The number of rotatable bonds is 2. The zero-order valence-corrected chi connectivity index (χ0v) is 11.9. The third-order valence-corrected chi connectivity index (χ3v) is 4.00. The van der Waals surface area contributed by atoms with Gasteiger partial charge in [-0.25, -0.2) is 4.68 Å². The van der Waals surface area contributed by atoms with Crippen molar-refractivity contribution in [3.8, 4) is 0 Å². The minimum atomic E-state index is 0.308. The molecule has 0 unspecified atom stereocenters. The molecule has 2 aromatic rings. The molecule has 0 saturated heterocycles. The summed E-state index contributed by atoms with van der Waals surface area (Å²) in [4.78, 5) is 0. The van der Waals surface area contributed by atoms with Crippen LogP contribution in [0.25, 0.3) is 5.70 Å². The highest BCUT2D eigenvalue weighted by molar-refractivity contribution is 8.02. The molecule has 3 N–H and O–H groups in total. The van der Waals surface area contributed by atoms with Crippen LogP contribution in [0.2, 0.25) is 10.0 Å². The number of thioether (sulfide) groups is 1. The summed E-state index contributed by atoms with van der Waals surface area (Å²) in [6.45, 7) is 0.308. The summed E-state index contributed by atoms with van der Waals surface area (Å²) < 4.78 is 1.75. The van der Waals surface area contributed by atoms with Gasteiger partial charge in [-0.1, -0.05) is 35.0 Å². The van der Waals surface area contributed by atoms with Crippen molar-refractivity contribution < 1.29 is 0 Å². The second-order valence-corrected chi connectivity index (χ2v) is 5.50. The van der Waals surface area contributed by atoms with E-state index in [1.54, 1.807) is 16.8 Å². The van der Waals surface area contributed by atoms with Gasteiger partial charge in [-0.2, -0.15) is 0 Å². The number of fused-ring (bicyclic) bond motifs is 1. The number of halogens is 2. The number of nitrogens with zero attached hydrogens (tertiary/aromatic N) is 3. The van der Waals surface area contributed by atoms with E-state index in [9.17, 15) is 0 Å². The van der Waals surface area contributed by atoms with Crippen LogP contribution in [0.1, 0.15) is 11.4 Å². The van der Waals surface area contributed by atoms with E-state index in [1.165, 1.54) is 11.8 Å². The van der Waals surface area contributed by atoms with Crippen molar-refractivity contribution in [2.45, 2.75) is 11.7 Å². The minimum Gasteiger partial charge on any atom is -0.324 e. The zero-order chi connectivity index (χ0) is 13.4. The van der Waals surface area contributed by atoms with Gasteiger partial charge in [0.05, 0.1) is 17.3 Å². The quantitative estimate of drug-likeness (QED) is 0.892. The summed E-state index contributed by atoms with van der Waals surface area (Å²) in [6, 6.07) is 5.36. The standard InChI is InChI=1S/C11H9Cl2N5S/c12-6-1-2-7(8(13)3-6)9-5-19-11-16-15-10(4-14)18(11)17-9/h1-3,5,17H,4,14H2. The van der Waals surface area contributed by atoms with Crippen LogP contribution in [-0.2, 0) is 6.54 Å². The second-order valence-electron chi connectivity index (χ2n) is 3.82. The summed E-state index contributed by atoms with van der Waals surface area (Å²) in [7, 11) is 0. The second kappa shape index (κ2) is 5.05. The topological polar surface area (TPSA) is 68.8 Å². The molecule has 0 fully saturated rings. The van der Waals surface area contributed by atoms with Crippen LogP contribution in [0.3, 0.4) is 0 Å². The molecule has 0 atom stereocenters. The average Bonchev–Trinajstić information content (AvgIpc) is 2.80. The predicted molar refractivity (Wildman–Crippen MR) is 77.6 cm³/mol. The molecule has 1 aromatic carbocycles. The summed E-state index contributed by atoms with van der Waals surface area (Å²) in [5, 5.41) is 11.9. The molecule has 0 spiro atoms. The number of hydrogen-bond donors (Lipinski definition) is 2. The molecule has 0 saturated carbocycles. The summed E-state index contributed by atoms with van der Waals surface area (Å²) in [5.41, 5.74) is 10.5. The van der Waals surface area contributed by atoms with E-state index in [2.05, 4.69) is 15.6 Å². The average molecular weight is 314 g/mol. The van der Waals surface area contributed by atoms with Crippen molar-refractivity contribution in [1.82, 2.24) is 14.9 Å². The highest BCUT2D eigenvalue weighted by Gasteiger charge is 2.18. The molecule has 0 aliphatic carbocycles. The van der Waals surface area contributed by atoms with E-state index < -0.39 is 0 Å². The van der Waals surface area contributed by atoms with Gasteiger partial charge in [0.15, 0.2) is 5.82 Å². The smallest absolute Gasteiger partial charge is 0.214 e. The Hall–Kier alpha value is -1.21. The van der Waals surface area contributed by atoms with Crippen LogP contribution in [0.4, 0.5) is 0 Å². The van der Waals surface area contributed by atoms with Gasteiger partial charge in [0, 0.05) is 16.0 Å². The Labute approximate surface area is 123 Å². The minimum absolute atomic E-state index is 0.308. The molecule has 0 amide bonds. The first kappa shape index (κ1) is 12.8. The van der Waals surface area contributed by atoms with Gasteiger partial charge in [0.2, 0.25) is 5.16 Å². The van der Waals surface area contributed by atoms with Gasteiger partial charge in [-0.15, -0.1) is 10.2 Å². The fraction of sp³-hybridized carbons (Fsp3) is 0.0909. The molecule has 5 nitrogen and oxygen atoms in total. The molecule has 1 aliphatic heterocycles.